The van der Waals surface area contributed by atoms with Crippen LogP contribution in [0.3, 0.4) is 0 Å². The monoisotopic (exact) mass is 425 g/mol. The van der Waals surface area contributed by atoms with Crippen LogP contribution in [0.5, 0.6) is 5.75 Å². The molecule has 0 bridgehead atoms. The number of benzene rings is 2. The number of allylic oxidation sites excluding steroid dienone is 2. The van der Waals surface area contributed by atoms with Gasteiger partial charge in [0.15, 0.2) is 5.78 Å². The Kier molecular flexibility index (Phi) is 4.87. The second-order valence-corrected chi connectivity index (χ2v) is 7.79. The average molecular weight is 426 g/mol. The smallest absolute Gasteiger partial charge is 0.232 e. The molecule has 0 spiro atoms. The van der Waals surface area contributed by atoms with Gasteiger partial charge in [0.2, 0.25) is 5.91 Å². The van der Waals surface area contributed by atoms with Crippen LogP contribution in [0.25, 0.3) is 0 Å². The first-order valence-electron chi connectivity index (χ1n) is 9.07. The van der Waals surface area contributed by atoms with Gasteiger partial charge in [0.1, 0.15) is 5.75 Å². The van der Waals surface area contributed by atoms with Crippen molar-refractivity contribution >= 4 is 33.3 Å². The molecule has 0 radical (unpaired) electrons. The minimum absolute atomic E-state index is 0.0300. The van der Waals surface area contributed by atoms with Crippen LogP contribution >= 0.6 is 15.9 Å². The number of rotatable bonds is 3. The van der Waals surface area contributed by atoms with E-state index >= 15 is 0 Å². The molecule has 2 aromatic carbocycles. The van der Waals surface area contributed by atoms with Crippen molar-refractivity contribution in [1.82, 2.24) is 0 Å². The number of hydrogen-bond donors (Lipinski definition) is 0. The summed E-state index contributed by atoms with van der Waals surface area (Å²) in [6, 6.07) is 15.4. The molecule has 1 aliphatic heterocycles. The predicted octanol–water partition coefficient (Wildman–Crippen LogP) is 4.99. The Morgan fingerprint density at radius 2 is 1.85 bits per heavy atom. The number of ketones is 1. The number of ether oxygens (including phenoxy) is 1. The van der Waals surface area contributed by atoms with Crippen LogP contribution in [0.15, 0.2) is 64.3 Å². The van der Waals surface area contributed by atoms with E-state index in [2.05, 4.69) is 15.9 Å². The fourth-order valence-electron chi connectivity index (χ4n) is 4.03. The molecule has 0 N–H and O–H groups in total. The van der Waals surface area contributed by atoms with Gasteiger partial charge in [-0.05, 0) is 48.7 Å². The Bertz CT molecular complexity index is 933. The molecule has 1 heterocycles. The van der Waals surface area contributed by atoms with Gasteiger partial charge in [-0.2, -0.15) is 0 Å². The molecular weight excluding hydrogens is 406 g/mol. The molecule has 27 heavy (non-hydrogen) atoms. The molecule has 0 saturated carbocycles. The van der Waals surface area contributed by atoms with E-state index in [0.717, 1.165) is 45.6 Å². The number of carbonyl (C=O) groups is 2. The second-order valence-electron chi connectivity index (χ2n) is 6.88. The number of halogens is 1. The van der Waals surface area contributed by atoms with Crippen LogP contribution in [-0.4, -0.2) is 18.8 Å². The normalized spacial score (nSPS) is 19.9. The minimum atomic E-state index is -0.186. The fourth-order valence-corrected chi connectivity index (χ4v) is 4.42. The summed E-state index contributed by atoms with van der Waals surface area (Å²) in [6.45, 7) is 0. The van der Waals surface area contributed by atoms with Crippen LogP contribution < -0.4 is 9.64 Å². The predicted molar refractivity (Wildman–Crippen MR) is 108 cm³/mol. The van der Waals surface area contributed by atoms with E-state index in [0.29, 0.717) is 12.8 Å². The van der Waals surface area contributed by atoms with Crippen LogP contribution in [-0.2, 0) is 9.59 Å². The van der Waals surface area contributed by atoms with Crippen LogP contribution in [0.2, 0.25) is 0 Å². The van der Waals surface area contributed by atoms with Crippen LogP contribution in [0.4, 0.5) is 5.69 Å². The lowest BCUT2D eigenvalue weighted by molar-refractivity contribution is -0.119. The summed E-state index contributed by atoms with van der Waals surface area (Å²) in [7, 11) is 1.63. The summed E-state index contributed by atoms with van der Waals surface area (Å²) in [5.41, 5.74) is 3.46. The third-order valence-electron chi connectivity index (χ3n) is 5.26. The van der Waals surface area contributed by atoms with Gasteiger partial charge in [0.25, 0.3) is 0 Å². The lowest BCUT2D eigenvalue weighted by Gasteiger charge is -2.38. The van der Waals surface area contributed by atoms with Crippen molar-refractivity contribution in [3.8, 4) is 5.75 Å². The lowest BCUT2D eigenvalue weighted by atomic mass is 9.77. The van der Waals surface area contributed by atoms with Gasteiger partial charge >= 0.3 is 0 Å². The molecule has 5 heteroatoms. The van der Waals surface area contributed by atoms with E-state index in [1.54, 1.807) is 12.0 Å². The van der Waals surface area contributed by atoms with Crippen molar-refractivity contribution in [3.63, 3.8) is 0 Å². The summed E-state index contributed by atoms with van der Waals surface area (Å²) in [6.07, 6.45) is 2.37. The Hall–Kier alpha value is -2.40. The molecule has 2 aliphatic rings. The summed E-state index contributed by atoms with van der Waals surface area (Å²) in [4.78, 5) is 27.7. The number of anilines is 1. The highest BCUT2D eigenvalue weighted by Crippen LogP contribution is 2.43. The minimum Gasteiger partial charge on any atom is -0.497 e. The maximum Gasteiger partial charge on any atom is 0.232 e. The zero-order valence-electron chi connectivity index (χ0n) is 15.1. The number of Topliss-reactive ketones (excluding diaryl/α,β-unsaturated/α-hetero) is 1. The standard InChI is InChI=1S/C22H20BrNO3/c1-27-17-10-8-14(9-11-17)18-13-21(26)24(16-5-2-4-15(23)12-16)19-6-3-7-20(25)22(18)19/h2,4-5,8-12,18H,3,6-7,13H2,1H3. The second kappa shape index (κ2) is 7.31. The number of methoxy groups -OCH3 is 1. The van der Waals surface area contributed by atoms with Gasteiger partial charge in [-0.3, -0.25) is 14.5 Å². The highest BCUT2D eigenvalue weighted by atomic mass is 79.9. The third-order valence-corrected chi connectivity index (χ3v) is 5.75. The molecular formula is C22H20BrNO3. The van der Waals surface area contributed by atoms with Gasteiger partial charge in [0, 0.05) is 40.2 Å². The first-order valence-corrected chi connectivity index (χ1v) is 9.86. The van der Waals surface area contributed by atoms with Crippen LogP contribution in [0.1, 0.15) is 37.2 Å². The number of hydrogen-bond acceptors (Lipinski definition) is 3. The Morgan fingerprint density at radius 1 is 1.07 bits per heavy atom. The molecule has 2 aromatic rings. The summed E-state index contributed by atoms with van der Waals surface area (Å²) in [5.74, 6) is 0.766. The van der Waals surface area contributed by atoms with Crippen molar-refractivity contribution in [2.24, 2.45) is 0 Å². The van der Waals surface area contributed by atoms with Crippen molar-refractivity contribution in [1.29, 1.82) is 0 Å². The van der Waals surface area contributed by atoms with Crippen molar-refractivity contribution in [2.75, 3.05) is 12.0 Å². The maximum atomic E-state index is 13.1. The van der Waals surface area contributed by atoms with Gasteiger partial charge in [-0.15, -0.1) is 0 Å². The zero-order valence-corrected chi connectivity index (χ0v) is 16.7. The van der Waals surface area contributed by atoms with Gasteiger partial charge in [-0.25, -0.2) is 0 Å². The van der Waals surface area contributed by atoms with E-state index in [1.807, 2.05) is 48.5 Å². The topological polar surface area (TPSA) is 46.6 Å². The molecule has 0 aromatic heterocycles. The molecule has 1 unspecified atom stereocenters. The Morgan fingerprint density at radius 3 is 2.56 bits per heavy atom. The van der Waals surface area contributed by atoms with E-state index in [4.69, 9.17) is 4.74 Å². The molecule has 0 saturated heterocycles. The molecule has 1 amide bonds. The van der Waals surface area contributed by atoms with Gasteiger partial charge < -0.3 is 4.74 Å². The van der Waals surface area contributed by atoms with Gasteiger partial charge in [-0.1, -0.05) is 34.1 Å². The van der Waals surface area contributed by atoms with E-state index in [1.165, 1.54) is 0 Å². The molecule has 138 valence electrons. The molecule has 1 aliphatic carbocycles. The molecule has 4 nitrogen and oxygen atoms in total. The number of amides is 1. The van der Waals surface area contributed by atoms with E-state index < -0.39 is 0 Å². The lowest BCUT2D eigenvalue weighted by Crippen LogP contribution is -2.40. The van der Waals surface area contributed by atoms with E-state index in [9.17, 15) is 9.59 Å². The summed E-state index contributed by atoms with van der Waals surface area (Å²) in [5, 5.41) is 0. The van der Waals surface area contributed by atoms with Crippen molar-refractivity contribution < 1.29 is 14.3 Å². The highest BCUT2D eigenvalue weighted by Gasteiger charge is 2.39. The van der Waals surface area contributed by atoms with Crippen LogP contribution in [0, 0.1) is 0 Å². The Labute approximate surface area is 167 Å². The Balaban J connectivity index is 1.82. The van der Waals surface area contributed by atoms with Crippen molar-refractivity contribution in [3.05, 3.63) is 69.8 Å². The molecule has 4 rings (SSSR count). The maximum absolute atomic E-state index is 13.1. The first-order chi connectivity index (χ1) is 13.1. The summed E-state index contributed by atoms with van der Waals surface area (Å²) >= 11 is 3.48. The zero-order chi connectivity index (χ0) is 19.0. The number of nitrogens with zero attached hydrogens (tertiary/aromatic N) is 1. The van der Waals surface area contributed by atoms with Gasteiger partial charge in [0.05, 0.1) is 7.11 Å². The van der Waals surface area contributed by atoms with Crippen molar-refractivity contribution in [2.45, 2.75) is 31.6 Å². The average Bonchev–Trinajstić information content (AvgIpc) is 2.67. The molecule has 1 atom stereocenters. The summed E-state index contributed by atoms with van der Waals surface area (Å²) < 4.78 is 6.14. The quantitative estimate of drug-likeness (QED) is 0.695. The SMILES string of the molecule is COc1ccc(C2CC(=O)N(c3cccc(Br)c3)C3=C2C(=O)CCC3)cc1. The molecule has 0 fully saturated rings. The van der Waals surface area contributed by atoms with E-state index in [-0.39, 0.29) is 17.6 Å². The largest absolute Gasteiger partial charge is 0.497 e. The fraction of sp³-hybridized carbons (Fsp3) is 0.273. The first kappa shape index (κ1) is 18.0. The highest BCUT2D eigenvalue weighted by molar-refractivity contribution is 9.10. The number of carbonyl (C=O) groups excluding carboxylic acids is 2. The third kappa shape index (κ3) is 3.32.